The van der Waals surface area contributed by atoms with E-state index < -0.39 is 0 Å². The van der Waals surface area contributed by atoms with E-state index in [2.05, 4.69) is 41.6 Å². The first-order valence-corrected chi connectivity index (χ1v) is 6.56. The van der Waals surface area contributed by atoms with Gasteiger partial charge in [0, 0.05) is 17.9 Å². The van der Waals surface area contributed by atoms with Gasteiger partial charge in [0.15, 0.2) is 0 Å². The highest BCUT2D eigenvalue weighted by molar-refractivity contribution is 9.09. The van der Waals surface area contributed by atoms with E-state index in [-0.39, 0.29) is 0 Å². The Kier molecular flexibility index (Phi) is 4.24. The minimum Gasteiger partial charge on any atom is -0.301 e. The maximum absolute atomic E-state index is 3.66. The first-order valence-electron chi connectivity index (χ1n) is 5.43. The molecule has 0 radical (unpaired) electrons. The van der Waals surface area contributed by atoms with Gasteiger partial charge in [0.05, 0.1) is 0 Å². The Balaban J connectivity index is 2.44. The maximum Gasteiger partial charge on any atom is 0.0100 e. The van der Waals surface area contributed by atoms with Crippen molar-refractivity contribution in [3.63, 3.8) is 0 Å². The zero-order valence-corrected chi connectivity index (χ0v) is 10.7. The van der Waals surface area contributed by atoms with Crippen molar-refractivity contribution in [1.82, 2.24) is 4.90 Å². The Hall–Kier alpha value is 0.440. The molecule has 13 heavy (non-hydrogen) atoms. The van der Waals surface area contributed by atoms with Crippen molar-refractivity contribution in [3.8, 4) is 0 Å². The van der Waals surface area contributed by atoms with Gasteiger partial charge in [-0.2, -0.15) is 0 Å². The molecule has 0 saturated heterocycles. The first kappa shape index (κ1) is 11.5. The number of rotatable bonds is 5. The zero-order chi connectivity index (χ0) is 9.90. The molecule has 0 aromatic carbocycles. The summed E-state index contributed by atoms with van der Waals surface area (Å²) in [6.07, 6.45) is 4.27. The molecule has 0 N–H and O–H groups in total. The van der Waals surface area contributed by atoms with Crippen LogP contribution in [0.2, 0.25) is 0 Å². The molecule has 78 valence electrons. The SMILES string of the molecule is CCN(CC1(CBr)CCC1)C(C)C. The van der Waals surface area contributed by atoms with E-state index in [1.54, 1.807) is 0 Å². The molecule has 1 aliphatic rings. The van der Waals surface area contributed by atoms with Crippen molar-refractivity contribution in [3.05, 3.63) is 0 Å². The van der Waals surface area contributed by atoms with Crippen LogP contribution in [0.1, 0.15) is 40.0 Å². The average molecular weight is 248 g/mol. The Morgan fingerprint density at radius 2 is 2.00 bits per heavy atom. The third-order valence-electron chi connectivity index (χ3n) is 3.37. The average Bonchev–Trinajstić information content (AvgIpc) is 2.03. The lowest BCUT2D eigenvalue weighted by atomic mass is 9.70. The van der Waals surface area contributed by atoms with E-state index in [9.17, 15) is 0 Å². The summed E-state index contributed by atoms with van der Waals surface area (Å²) in [7, 11) is 0. The Labute approximate surface area is 91.0 Å². The summed E-state index contributed by atoms with van der Waals surface area (Å²) in [6, 6.07) is 0.696. The standard InChI is InChI=1S/C11H22BrN/c1-4-13(10(2)3)9-11(8-12)6-5-7-11/h10H,4-9H2,1-3H3. The van der Waals surface area contributed by atoms with Gasteiger partial charge in [-0.3, -0.25) is 0 Å². The van der Waals surface area contributed by atoms with Crippen LogP contribution in [0, 0.1) is 5.41 Å². The minimum atomic E-state index is 0.611. The fourth-order valence-electron chi connectivity index (χ4n) is 2.10. The minimum absolute atomic E-state index is 0.611. The predicted octanol–water partition coefficient (Wildman–Crippen LogP) is 3.28. The smallest absolute Gasteiger partial charge is 0.0100 e. The Morgan fingerprint density at radius 3 is 2.23 bits per heavy atom. The summed E-state index contributed by atoms with van der Waals surface area (Å²) >= 11 is 3.66. The molecule has 1 saturated carbocycles. The van der Waals surface area contributed by atoms with Crippen molar-refractivity contribution in [2.45, 2.75) is 46.1 Å². The monoisotopic (exact) mass is 247 g/mol. The van der Waals surface area contributed by atoms with Crippen LogP contribution in [-0.2, 0) is 0 Å². The van der Waals surface area contributed by atoms with Gasteiger partial charge in [0.25, 0.3) is 0 Å². The number of alkyl halides is 1. The molecule has 0 unspecified atom stereocenters. The van der Waals surface area contributed by atoms with E-state index in [0.29, 0.717) is 11.5 Å². The summed E-state index contributed by atoms with van der Waals surface area (Å²) in [5, 5.41) is 1.18. The second-order valence-corrected chi connectivity index (χ2v) is 5.20. The second kappa shape index (κ2) is 4.79. The number of hydrogen-bond acceptors (Lipinski definition) is 1. The van der Waals surface area contributed by atoms with Crippen LogP contribution in [0.3, 0.4) is 0 Å². The van der Waals surface area contributed by atoms with E-state index >= 15 is 0 Å². The largest absolute Gasteiger partial charge is 0.301 e. The highest BCUT2D eigenvalue weighted by Crippen LogP contribution is 2.43. The summed E-state index contributed by atoms with van der Waals surface area (Å²) in [5.74, 6) is 0. The van der Waals surface area contributed by atoms with Crippen molar-refractivity contribution >= 4 is 15.9 Å². The molecular formula is C11H22BrN. The van der Waals surface area contributed by atoms with Crippen LogP contribution in [0.15, 0.2) is 0 Å². The van der Waals surface area contributed by atoms with Gasteiger partial charge in [0.1, 0.15) is 0 Å². The van der Waals surface area contributed by atoms with E-state index in [1.165, 1.54) is 37.7 Å². The molecule has 0 aliphatic heterocycles. The molecule has 1 fully saturated rings. The quantitative estimate of drug-likeness (QED) is 0.675. The topological polar surface area (TPSA) is 3.24 Å². The van der Waals surface area contributed by atoms with E-state index in [0.717, 1.165) is 0 Å². The third kappa shape index (κ3) is 2.69. The molecule has 2 heteroatoms. The lowest BCUT2D eigenvalue weighted by molar-refractivity contribution is 0.0770. The molecule has 0 amide bonds. The van der Waals surface area contributed by atoms with Crippen LogP contribution in [0.5, 0.6) is 0 Å². The molecule has 0 aromatic rings. The van der Waals surface area contributed by atoms with Crippen molar-refractivity contribution in [1.29, 1.82) is 0 Å². The van der Waals surface area contributed by atoms with Gasteiger partial charge in [0.2, 0.25) is 0 Å². The third-order valence-corrected chi connectivity index (χ3v) is 4.56. The maximum atomic E-state index is 3.66. The predicted molar refractivity (Wildman–Crippen MR) is 62.5 cm³/mol. The van der Waals surface area contributed by atoms with Gasteiger partial charge in [-0.05, 0) is 38.6 Å². The lowest BCUT2D eigenvalue weighted by Gasteiger charge is -2.45. The van der Waals surface area contributed by atoms with Crippen molar-refractivity contribution in [2.24, 2.45) is 5.41 Å². The first-order chi connectivity index (χ1) is 6.13. The molecule has 0 heterocycles. The zero-order valence-electron chi connectivity index (χ0n) is 9.15. The molecular weight excluding hydrogens is 226 g/mol. The van der Waals surface area contributed by atoms with Gasteiger partial charge in [-0.1, -0.05) is 29.3 Å². The fraction of sp³-hybridized carbons (Fsp3) is 1.00. The van der Waals surface area contributed by atoms with Crippen LogP contribution in [0.25, 0.3) is 0 Å². The summed E-state index contributed by atoms with van der Waals surface area (Å²) < 4.78 is 0. The van der Waals surface area contributed by atoms with E-state index in [1.807, 2.05) is 0 Å². The Bertz CT molecular complexity index is 147. The molecule has 1 aliphatic carbocycles. The van der Waals surface area contributed by atoms with Crippen molar-refractivity contribution in [2.75, 3.05) is 18.4 Å². The van der Waals surface area contributed by atoms with Crippen LogP contribution < -0.4 is 0 Å². The fourth-order valence-corrected chi connectivity index (χ4v) is 2.84. The Morgan fingerprint density at radius 1 is 1.38 bits per heavy atom. The summed E-state index contributed by atoms with van der Waals surface area (Å²) in [4.78, 5) is 2.58. The van der Waals surface area contributed by atoms with Gasteiger partial charge < -0.3 is 4.90 Å². The molecule has 0 bridgehead atoms. The molecule has 1 rings (SSSR count). The highest BCUT2D eigenvalue weighted by atomic mass is 79.9. The van der Waals surface area contributed by atoms with Gasteiger partial charge in [-0.25, -0.2) is 0 Å². The summed E-state index contributed by atoms with van der Waals surface area (Å²) in [6.45, 7) is 9.33. The van der Waals surface area contributed by atoms with Crippen LogP contribution >= 0.6 is 15.9 Å². The summed E-state index contributed by atoms with van der Waals surface area (Å²) in [5.41, 5.74) is 0.611. The molecule has 1 nitrogen and oxygen atoms in total. The second-order valence-electron chi connectivity index (χ2n) is 4.64. The van der Waals surface area contributed by atoms with E-state index in [4.69, 9.17) is 0 Å². The normalized spacial score (nSPS) is 20.8. The van der Waals surface area contributed by atoms with Gasteiger partial charge >= 0.3 is 0 Å². The van der Waals surface area contributed by atoms with Crippen LogP contribution in [0.4, 0.5) is 0 Å². The van der Waals surface area contributed by atoms with Crippen LogP contribution in [-0.4, -0.2) is 29.4 Å². The highest BCUT2D eigenvalue weighted by Gasteiger charge is 2.37. The number of hydrogen-bond donors (Lipinski definition) is 0. The number of nitrogens with zero attached hydrogens (tertiary/aromatic N) is 1. The van der Waals surface area contributed by atoms with Crippen molar-refractivity contribution < 1.29 is 0 Å². The lowest BCUT2D eigenvalue weighted by Crippen LogP contribution is -2.45. The molecule has 0 spiro atoms. The molecule has 0 atom stereocenters. The number of halogens is 1. The molecule has 0 aromatic heterocycles. The van der Waals surface area contributed by atoms with Gasteiger partial charge in [-0.15, -0.1) is 0 Å².